The summed E-state index contributed by atoms with van der Waals surface area (Å²) >= 11 is 0. The molecule has 134 valence electrons. The van der Waals surface area contributed by atoms with Gasteiger partial charge in [-0.05, 0) is 55.7 Å². The Morgan fingerprint density at radius 1 is 1.16 bits per heavy atom. The van der Waals surface area contributed by atoms with E-state index in [9.17, 15) is 9.59 Å². The van der Waals surface area contributed by atoms with Crippen molar-refractivity contribution in [1.29, 1.82) is 0 Å². The van der Waals surface area contributed by atoms with E-state index in [1.54, 1.807) is 7.11 Å². The van der Waals surface area contributed by atoms with Crippen molar-refractivity contribution in [2.24, 2.45) is 5.41 Å². The second kappa shape index (κ2) is 5.84. The van der Waals surface area contributed by atoms with Gasteiger partial charge in [0.1, 0.15) is 5.54 Å². The first-order valence-corrected chi connectivity index (χ1v) is 9.23. The lowest BCUT2D eigenvalue weighted by Crippen LogP contribution is -2.48. The third-order valence-electron chi connectivity index (χ3n) is 6.31. The Labute approximate surface area is 148 Å². The summed E-state index contributed by atoms with van der Waals surface area (Å²) in [7, 11) is 1.68. The van der Waals surface area contributed by atoms with Crippen LogP contribution in [-0.2, 0) is 27.9 Å². The molecule has 0 bridgehead atoms. The average molecular weight is 342 g/mol. The molecule has 1 aromatic carbocycles. The second-order valence-corrected chi connectivity index (χ2v) is 8.07. The van der Waals surface area contributed by atoms with Crippen molar-refractivity contribution in [3.63, 3.8) is 0 Å². The molecule has 1 saturated heterocycles. The topological polar surface area (TPSA) is 58.6 Å². The lowest BCUT2D eigenvalue weighted by molar-refractivity contribution is -0.133. The van der Waals surface area contributed by atoms with Crippen molar-refractivity contribution in [3.05, 3.63) is 34.9 Å². The van der Waals surface area contributed by atoms with Gasteiger partial charge in [0.15, 0.2) is 0 Å². The Balaban J connectivity index is 1.60. The highest BCUT2D eigenvalue weighted by atomic mass is 16.5. The Kier molecular flexibility index (Phi) is 3.87. The number of hydrogen-bond acceptors (Lipinski definition) is 3. The molecule has 1 heterocycles. The molecule has 3 aliphatic rings. The maximum atomic E-state index is 13.2. The molecule has 5 nitrogen and oxygen atoms in total. The van der Waals surface area contributed by atoms with E-state index < -0.39 is 5.54 Å². The monoisotopic (exact) mass is 342 g/mol. The van der Waals surface area contributed by atoms with E-state index >= 15 is 0 Å². The van der Waals surface area contributed by atoms with E-state index in [-0.39, 0.29) is 17.4 Å². The molecule has 0 aromatic heterocycles. The summed E-state index contributed by atoms with van der Waals surface area (Å²) in [6.07, 6.45) is 6.48. The number of fused-ring (bicyclic) bond motifs is 1. The molecule has 3 amide bonds. The van der Waals surface area contributed by atoms with Gasteiger partial charge in [-0.1, -0.05) is 24.6 Å². The van der Waals surface area contributed by atoms with Gasteiger partial charge in [-0.25, -0.2) is 4.79 Å². The van der Waals surface area contributed by atoms with Crippen LogP contribution in [-0.4, -0.2) is 37.1 Å². The SMILES string of the molecule is COCC1(CN2C(=O)NC(C)(c3ccc4c(c3)CCC4)C2=O)CCC1. The zero-order valence-electron chi connectivity index (χ0n) is 15.1. The summed E-state index contributed by atoms with van der Waals surface area (Å²) in [6.45, 7) is 2.87. The number of hydrogen-bond donors (Lipinski definition) is 1. The minimum absolute atomic E-state index is 0.0645. The van der Waals surface area contributed by atoms with Gasteiger partial charge in [0.2, 0.25) is 0 Å². The van der Waals surface area contributed by atoms with Gasteiger partial charge < -0.3 is 10.1 Å². The summed E-state index contributed by atoms with van der Waals surface area (Å²) in [5.41, 5.74) is 2.55. The molecule has 4 rings (SSSR count). The fraction of sp³-hybridized carbons (Fsp3) is 0.600. The fourth-order valence-electron chi connectivity index (χ4n) is 4.59. The summed E-state index contributed by atoms with van der Waals surface area (Å²) in [6, 6.07) is 5.94. The number of imide groups is 1. The van der Waals surface area contributed by atoms with E-state index in [0.29, 0.717) is 13.2 Å². The Bertz CT molecular complexity index is 726. The largest absolute Gasteiger partial charge is 0.384 e. The molecule has 1 aliphatic heterocycles. The van der Waals surface area contributed by atoms with Crippen LogP contribution in [0.3, 0.4) is 0 Å². The normalized spacial score (nSPS) is 27.2. The van der Waals surface area contributed by atoms with Gasteiger partial charge in [0.25, 0.3) is 5.91 Å². The number of methoxy groups -OCH3 is 1. The van der Waals surface area contributed by atoms with Crippen LogP contribution in [0.25, 0.3) is 0 Å². The predicted molar refractivity (Wildman–Crippen MR) is 94.2 cm³/mol. The number of rotatable bonds is 5. The van der Waals surface area contributed by atoms with Crippen LogP contribution < -0.4 is 5.32 Å². The van der Waals surface area contributed by atoms with Gasteiger partial charge in [0.05, 0.1) is 6.61 Å². The van der Waals surface area contributed by atoms with Crippen molar-refractivity contribution in [3.8, 4) is 0 Å². The standard InChI is InChI=1S/C20H26N2O3/c1-19(16-8-7-14-5-3-6-15(14)11-16)17(23)22(18(24)21-19)12-20(13-25-2)9-4-10-20/h7-8,11H,3-6,9-10,12-13H2,1-2H3,(H,21,24). The zero-order chi connectivity index (χ0) is 17.7. The molecule has 0 radical (unpaired) electrons. The maximum absolute atomic E-state index is 13.2. The highest BCUT2D eigenvalue weighted by molar-refractivity contribution is 6.07. The van der Waals surface area contributed by atoms with E-state index in [0.717, 1.165) is 37.7 Å². The number of aryl methyl sites for hydroxylation is 2. The van der Waals surface area contributed by atoms with Crippen LogP contribution >= 0.6 is 0 Å². The molecule has 25 heavy (non-hydrogen) atoms. The van der Waals surface area contributed by atoms with Crippen molar-refractivity contribution in [2.75, 3.05) is 20.3 Å². The molecule has 5 heteroatoms. The number of nitrogens with zero attached hydrogens (tertiary/aromatic N) is 1. The number of benzene rings is 1. The molecule has 2 fully saturated rings. The van der Waals surface area contributed by atoms with Crippen LogP contribution in [0.5, 0.6) is 0 Å². The van der Waals surface area contributed by atoms with Crippen LogP contribution in [0.15, 0.2) is 18.2 Å². The zero-order valence-corrected chi connectivity index (χ0v) is 15.1. The minimum Gasteiger partial charge on any atom is -0.384 e. The molecule has 1 saturated carbocycles. The molecular weight excluding hydrogens is 316 g/mol. The molecule has 1 aromatic rings. The smallest absolute Gasteiger partial charge is 0.325 e. The van der Waals surface area contributed by atoms with Crippen LogP contribution in [0, 0.1) is 5.41 Å². The maximum Gasteiger partial charge on any atom is 0.325 e. The fourth-order valence-corrected chi connectivity index (χ4v) is 4.59. The van der Waals surface area contributed by atoms with Gasteiger partial charge >= 0.3 is 6.03 Å². The minimum atomic E-state index is -0.966. The lowest BCUT2D eigenvalue weighted by atomic mass is 9.69. The van der Waals surface area contributed by atoms with E-state index in [1.807, 2.05) is 13.0 Å². The molecule has 2 aliphatic carbocycles. The molecular formula is C20H26N2O3. The number of carbonyl (C=O) groups is 2. The average Bonchev–Trinajstić information content (AvgIpc) is 3.11. The second-order valence-electron chi connectivity index (χ2n) is 8.07. The van der Waals surface area contributed by atoms with E-state index in [1.165, 1.54) is 22.4 Å². The molecule has 1 N–H and O–H groups in total. The van der Waals surface area contributed by atoms with Crippen LogP contribution in [0.2, 0.25) is 0 Å². The van der Waals surface area contributed by atoms with Crippen molar-refractivity contribution < 1.29 is 14.3 Å². The first-order chi connectivity index (χ1) is 12.0. The van der Waals surface area contributed by atoms with Gasteiger partial charge in [-0.2, -0.15) is 0 Å². The predicted octanol–water partition coefficient (Wildman–Crippen LogP) is 2.76. The lowest BCUT2D eigenvalue weighted by Gasteiger charge is -2.43. The number of ether oxygens (including phenoxy) is 1. The third kappa shape index (κ3) is 2.56. The summed E-state index contributed by atoms with van der Waals surface area (Å²) < 4.78 is 5.35. The quantitative estimate of drug-likeness (QED) is 0.837. The van der Waals surface area contributed by atoms with Crippen LogP contribution in [0.1, 0.15) is 49.3 Å². The summed E-state index contributed by atoms with van der Waals surface area (Å²) in [5, 5.41) is 2.95. The highest BCUT2D eigenvalue weighted by Crippen LogP contribution is 2.43. The summed E-state index contributed by atoms with van der Waals surface area (Å²) in [4.78, 5) is 27.2. The Morgan fingerprint density at radius 2 is 1.92 bits per heavy atom. The van der Waals surface area contributed by atoms with Gasteiger partial charge in [-0.15, -0.1) is 0 Å². The van der Waals surface area contributed by atoms with E-state index in [2.05, 4.69) is 17.4 Å². The first-order valence-electron chi connectivity index (χ1n) is 9.23. The first kappa shape index (κ1) is 16.6. The van der Waals surface area contributed by atoms with Crippen molar-refractivity contribution in [2.45, 2.75) is 51.0 Å². The van der Waals surface area contributed by atoms with Crippen molar-refractivity contribution in [1.82, 2.24) is 10.2 Å². The summed E-state index contributed by atoms with van der Waals surface area (Å²) in [5.74, 6) is -0.141. The van der Waals surface area contributed by atoms with E-state index in [4.69, 9.17) is 4.74 Å². The Hall–Kier alpha value is -1.88. The third-order valence-corrected chi connectivity index (χ3v) is 6.31. The molecule has 1 unspecified atom stereocenters. The highest BCUT2D eigenvalue weighted by Gasteiger charge is 2.52. The number of amides is 3. The Morgan fingerprint density at radius 3 is 2.60 bits per heavy atom. The van der Waals surface area contributed by atoms with Crippen LogP contribution in [0.4, 0.5) is 4.79 Å². The molecule has 1 atom stereocenters. The van der Waals surface area contributed by atoms with Gasteiger partial charge in [0, 0.05) is 19.1 Å². The number of urea groups is 1. The number of carbonyl (C=O) groups excluding carboxylic acids is 2. The number of nitrogens with one attached hydrogen (secondary N) is 1. The van der Waals surface area contributed by atoms with Crippen molar-refractivity contribution >= 4 is 11.9 Å². The molecule has 0 spiro atoms. The van der Waals surface area contributed by atoms with Gasteiger partial charge in [-0.3, -0.25) is 9.69 Å².